The second-order valence-corrected chi connectivity index (χ2v) is 6.43. The molecule has 1 aliphatic heterocycles. The normalized spacial score (nSPS) is 22.2. The van der Waals surface area contributed by atoms with E-state index in [1.54, 1.807) is 12.0 Å². The van der Waals surface area contributed by atoms with Crippen LogP contribution in [0.1, 0.15) is 32.3 Å². The number of carbonyl (C=O) groups is 1. The first-order chi connectivity index (χ1) is 9.80. The smallest absolute Gasteiger partial charge is 0.410 e. The Morgan fingerprint density at radius 3 is 2.38 bits per heavy atom. The molecule has 0 radical (unpaired) electrons. The maximum absolute atomic E-state index is 12.1. The summed E-state index contributed by atoms with van der Waals surface area (Å²) in [6.07, 6.45) is -0.297. The monoisotopic (exact) mass is 292 g/mol. The number of likely N-dealkylation sites (tertiary alicyclic amines) is 1. The molecular weight excluding hydrogens is 268 g/mol. The molecule has 5 heteroatoms. The van der Waals surface area contributed by atoms with Crippen molar-refractivity contribution in [2.24, 2.45) is 5.73 Å². The summed E-state index contributed by atoms with van der Waals surface area (Å²) in [6, 6.07) is 7.76. The number of rotatable bonds is 2. The minimum Gasteiger partial charge on any atom is -0.497 e. The third kappa shape index (κ3) is 3.88. The van der Waals surface area contributed by atoms with Gasteiger partial charge >= 0.3 is 6.09 Å². The number of benzene rings is 1. The Labute approximate surface area is 126 Å². The van der Waals surface area contributed by atoms with E-state index in [2.05, 4.69) is 0 Å². The number of amides is 1. The van der Waals surface area contributed by atoms with Crippen LogP contribution in [0.4, 0.5) is 4.79 Å². The van der Waals surface area contributed by atoms with Crippen LogP contribution in [0.5, 0.6) is 5.75 Å². The van der Waals surface area contributed by atoms with Gasteiger partial charge in [-0.25, -0.2) is 4.79 Å². The summed E-state index contributed by atoms with van der Waals surface area (Å²) in [6.45, 7) is 6.69. The molecule has 1 heterocycles. The Morgan fingerprint density at radius 2 is 1.86 bits per heavy atom. The lowest BCUT2D eigenvalue weighted by Gasteiger charge is -2.24. The summed E-state index contributed by atoms with van der Waals surface area (Å²) in [5.41, 5.74) is 6.83. The summed E-state index contributed by atoms with van der Waals surface area (Å²) < 4.78 is 10.6. The van der Waals surface area contributed by atoms with Crippen LogP contribution in [0.25, 0.3) is 0 Å². The van der Waals surface area contributed by atoms with Gasteiger partial charge in [-0.15, -0.1) is 0 Å². The van der Waals surface area contributed by atoms with Crippen molar-refractivity contribution in [2.75, 3.05) is 20.2 Å². The number of nitrogens with two attached hydrogens (primary N) is 1. The molecule has 1 fully saturated rings. The van der Waals surface area contributed by atoms with Crippen LogP contribution in [0.3, 0.4) is 0 Å². The Hall–Kier alpha value is -1.75. The van der Waals surface area contributed by atoms with Crippen molar-refractivity contribution in [1.82, 2.24) is 4.90 Å². The van der Waals surface area contributed by atoms with Crippen LogP contribution in [-0.4, -0.2) is 42.8 Å². The minimum atomic E-state index is -0.487. The highest BCUT2D eigenvalue weighted by atomic mass is 16.6. The van der Waals surface area contributed by atoms with Gasteiger partial charge in [-0.3, -0.25) is 0 Å². The second-order valence-electron chi connectivity index (χ2n) is 6.43. The van der Waals surface area contributed by atoms with E-state index in [-0.39, 0.29) is 18.1 Å². The average Bonchev–Trinajstić information content (AvgIpc) is 2.79. The van der Waals surface area contributed by atoms with E-state index in [0.717, 1.165) is 11.3 Å². The van der Waals surface area contributed by atoms with Crippen molar-refractivity contribution in [1.29, 1.82) is 0 Å². The van der Waals surface area contributed by atoms with Crippen molar-refractivity contribution in [3.63, 3.8) is 0 Å². The standard InChI is InChI=1S/C16H24N2O3/c1-16(2,3)21-15(19)18-9-13(14(17)10-18)11-5-7-12(20-4)8-6-11/h5-8,13-14H,9-10,17H2,1-4H3/t13-,14-/m1/s1. The van der Waals surface area contributed by atoms with Crippen molar-refractivity contribution >= 4 is 6.09 Å². The third-order valence-corrected chi connectivity index (χ3v) is 3.56. The fourth-order valence-corrected chi connectivity index (χ4v) is 2.51. The first kappa shape index (κ1) is 15.6. The SMILES string of the molecule is COc1ccc([C@H]2CN(C(=O)OC(C)(C)C)C[C@H]2N)cc1. The Bertz CT molecular complexity index is 493. The Balaban J connectivity index is 2.05. The Kier molecular flexibility index (Phi) is 4.42. The molecule has 1 aromatic carbocycles. The minimum absolute atomic E-state index is 0.0779. The average molecular weight is 292 g/mol. The third-order valence-electron chi connectivity index (χ3n) is 3.56. The molecule has 0 bridgehead atoms. The molecule has 1 saturated heterocycles. The zero-order valence-electron chi connectivity index (χ0n) is 13.1. The van der Waals surface area contributed by atoms with Crippen LogP contribution < -0.4 is 10.5 Å². The number of ether oxygens (including phenoxy) is 2. The van der Waals surface area contributed by atoms with Gasteiger partial charge in [0.15, 0.2) is 0 Å². The number of nitrogens with zero attached hydrogens (tertiary/aromatic N) is 1. The topological polar surface area (TPSA) is 64.8 Å². The zero-order valence-corrected chi connectivity index (χ0v) is 13.1. The van der Waals surface area contributed by atoms with E-state index >= 15 is 0 Å². The summed E-state index contributed by atoms with van der Waals surface area (Å²) in [7, 11) is 1.64. The first-order valence-corrected chi connectivity index (χ1v) is 7.17. The van der Waals surface area contributed by atoms with E-state index in [1.807, 2.05) is 45.0 Å². The molecule has 1 aliphatic rings. The van der Waals surface area contributed by atoms with Gasteiger partial charge in [0.2, 0.25) is 0 Å². The van der Waals surface area contributed by atoms with Gasteiger partial charge in [0.05, 0.1) is 7.11 Å². The fraction of sp³-hybridized carbons (Fsp3) is 0.562. The molecule has 0 saturated carbocycles. The molecule has 1 aromatic rings. The van der Waals surface area contributed by atoms with Gasteiger partial charge in [0.25, 0.3) is 0 Å². The van der Waals surface area contributed by atoms with Crippen molar-refractivity contribution in [2.45, 2.75) is 38.3 Å². The Morgan fingerprint density at radius 1 is 1.24 bits per heavy atom. The van der Waals surface area contributed by atoms with Crippen LogP contribution in [0.2, 0.25) is 0 Å². The van der Waals surface area contributed by atoms with Gasteiger partial charge in [0, 0.05) is 25.0 Å². The van der Waals surface area contributed by atoms with Crippen LogP contribution in [-0.2, 0) is 4.74 Å². The van der Waals surface area contributed by atoms with Crippen LogP contribution in [0, 0.1) is 0 Å². The molecule has 0 aromatic heterocycles. The largest absolute Gasteiger partial charge is 0.497 e. The molecule has 0 spiro atoms. The number of carbonyl (C=O) groups excluding carboxylic acids is 1. The van der Waals surface area contributed by atoms with Crippen LogP contribution >= 0.6 is 0 Å². The van der Waals surface area contributed by atoms with Gasteiger partial charge in [-0.1, -0.05) is 12.1 Å². The summed E-state index contributed by atoms with van der Waals surface area (Å²) in [4.78, 5) is 13.8. The maximum atomic E-state index is 12.1. The molecule has 5 nitrogen and oxygen atoms in total. The van der Waals surface area contributed by atoms with E-state index in [0.29, 0.717) is 13.1 Å². The molecule has 21 heavy (non-hydrogen) atoms. The van der Waals surface area contributed by atoms with Gasteiger partial charge in [-0.2, -0.15) is 0 Å². The first-order valence-electron chi connectivity index (χ1n) is 7.17. The number of methoxy groups -OCH3 is 1. The molecule has 2 rings (SSSR count). The lowest BCUT2D eigenvalue weighted by molar-refractivity contribution is 0.0290. The van der Waals surface area contributed by atoms with Crippen LogP contribution in [0.15, 0.2) is 24.3 Å². The lowest BCUT2D eigenvalue weighted by atomic mass is 9.95. The summed E-state index contributed by atoms with van der Waals surface area (Å²) in [5.74, 6) is 0.942. The molecule has 2 atom stereocenters. The van der Waals surface area contributed by atoms with Gasteiger partial charge < -0.3 is 20.1 Å². The number of hydrogen-bond donors (Lipinski definition) is 1. The van der Waals surface area contributed by atoms with Gasteiger partial charge in [0.1, 0.15) is 11.4 Å². The van der Waals surface area contributed by atoms with E-state index in [9.17, 15) is 4.79 Å². The molecule has 2 N–H and O–H groups in total. The molecule has 1 amide bonds. The molecular formula is C16H24N2O3. The summed E-state index contributed by atoms with van der Waals surface area (Å²) >= 11 is 0. The lowest BCUT2D eigenvalue weighted by Crippen LogP contribution is -2.36. The van der Waals surface area contributed by atoms with Crippen molar-refractivity contribution < 1.29 is 14.3 Å². The predicted octanol–water partition coefficient (Wildman–Crippen LogP) is 2.36. The van der Waals surface area contributed by atoms with E-state index in [1.165, 1.54) is 0 Å². The highest BCUT2D eigenvalue weighted by Crippen LogP contribution is 2.28. The summed E-state index contributed by atoms with van der Waals surface area (Å²) in [5, 5.41) is 0. The molecule has 0 unspecified atom stereocenters. The maximum Gasteiger partial charge on any atom is 0.410 e. The fourth-order valence-electron chi connectivity index (χ4n) is 2.51. The predicted molar refractivity (Wildman–Crippen MR) is 81.5 cm³/mol. The van der Waals surface area contributed by atoms with E-state index in [4.69, 9.17) is 15.2 Å². The number of hydrogen-bond acceptors (Lipinski definition) is 4. The van der Waals surface area contributed by atoms with E-state index < -0.39 is 5.60 Å². The van der Waals surface area contributed by atoms with Gasteiger partial charge in [-0.05, 0) is 38.5 Å². The highest BCUT2D eigenvalue weighted by molar-refractivity contribution is 5.69. The highest BCUT2D eigenvalue weighted by Gasteiger charge is 2.35. The molecule has 116 valence electrons. The van der Waals surface area contributed by atoms with Crippen molar-refractivity contribution in [3.05, 3.63) is 29.8 Å². The van der Waals surface area contributed by atoms with Crippen molar-refractivity contribution in [3.8, 4) is 5.75 Å². The second kappa shape index (κ2) is 5.93. The quantitative estimate of drug-likeness (QED) is 0.909. The zero-order chi connectivity index (χ0) is 15.6. The molecule has 0 aliphatic carbocycles.